The van der Waals surface area contributed by atoms with Crippen LogP contribution >= 0.6 is 11.8 Å². The minimum Gasteiger partial charge on any atom is -0.316 e. The summed E-state index contributed by atoms with van der Waals surface area (Å²) in [6.07, 6.45) is 4.69. The molecule has 1 fully saturated rings. The number of imidazole rings is 1. The fourth-order valence-electron chi connectivity index (χ4n) is 3.18. The fourth-order valence-corrected chi connectivity index (χ4v) is 4.29. The van der Waals surface area contributed by atoms with Crippen LogP contribution in [0, 0.1) is 6.92 Å². The van der Waals surface area contributed by atoms with E-state index < -0.39 is 0 Å². The van der Waals surface area contributed by atoms with Gasteiger partial charge in [-0.15, -0.1) is 0 Å². The zero-order chi connectivity index (χ0) is 16.7. The van der Waals surface area contributed by atoms with Crippen LogP contribution in [0.4, 0.5) is 0 Å². The van der Waals surface area contributed by atoms with Gasteiger partial charge in [0.1, 0.15) is 22.7 Å². The number of nitrogens with one attached hydrogen (secondary N) is 1. The van der Waals surface area contributed by atoms with Gasteiger partial charge in [0.25, 0.3) is 0 Å². The van der Waals surface area contributed by atoms with E-state index in [0.29, 0.717) is 5.25 Å². The Morgan fingerprint density at radius 2 is 2.25 bits per heavy atom. The molecule has 7 nitrogen and oxygen atoms in total. The van der Waals surface area contributed by atoms with Gasteiger partial charge in [-0.1, -0.05) is 11.8 Å². The standard InChI is InChI=1S/C16H21N7S/c1-4-23-10(2)12(8-20-23)14-21-13-15(22(14)3)18-9-19-16(13)24-11-5-6-17-7-11/h8-9,11,17H,4-7H2,1-3H3/t11-/m0/s1. The summed E-state index contributed by atoms with van der Waals surface area (Å²) in [6, 6.07) is 0. The molecule has 0 bridgehead atoms. The van der Waals surface area contributed by atoms with Crippen molar-refractivity contribution in [3.63, 3.8) is 0 Å². The van der Waals surface area contributed by atoms with Gasteiger partial charge in [-0.05, 0) is 26.8 Å². The predicted octanol–water partition coefficient (Wildman–Crippen LogP) is 2.01. The van der Waals surface area contributed by atoms with Gasteiger partial charge in [0, 0.05) is 31.1 Å². The molecule has 8 heteroatoms. The maximum absolute atomic E-state index is 4.88. The Hall–Kier alpha value is -1.93. The van der Waals surface area contributed by atoms with Crippen LogP contribution in [0.25, 0.3) is 22.6 Å². The summed E-state index contributed by atoms with van der Waals surface area (Å²) in [5.74, 6) is 0.897. The van der Waals surface area contributed by atoms with E-state index in [4.69, 9.17) is 4.98 Å². The third-order valence-electron chi connectivity index (χ3n) is 4.56. The second-order valence-electron chi connectivity index (χ2n) is 6.04. The fraction of sp³-hybridized carbons (Fsp3) is 0.500. The maximum Gasteiger partial charge on any atom is 0.164 e. The van der Waals surface area contributed by atoms with Crippen molar-refractivity contribution in [2.24, 2.45) is 7.05 Å². The zero-order valence-corrected chi connectivity index (χ0v) is 15.0. The summed E-state index contributed by atoms with van der Waals surface area (Å²) < 4.78 is 4.03. The monoisotopic (exact) mass is 343 g/mol. The highest BCUT2D eigenvalue weighted by molar-refractivity contribution is 8.00. The molecule has 0 aromatic carbocycles. The molecule has 1 aliphatic heterocycles. The topological polar surface area (TPSA) is 73.5 Å². The second-order valence-corrected chi connectivity index (χ2v) is 7.33. The Bertz CT molecular complexity index is 876. The van der Waals surface area contributed by atoms with Crippen LogP contribution in [0.3, 0.4) is 0 Å². The SMILES string of the molecule is CCn1ncc(-c2nc3c(S[C@H]4CCNC4)ncnc3n2C)c1C. The van der Waals surface area contributed by atoms with Crippen molar-refractivity contribution in [3.05, 3.63) is 18.2 Å². The molecule has 4 rings (SSSR count). The molecular formula is C16H21N7S. The van der Waals surface area contributed by atoms with Crippen molar-refractivity contribution in [2.45, 2.75) is 37.1 Å². The molecule has 0 radical (unpaired) electrons. The van der Waals surface area contributed by atoms with Gasteiger partial charge in [0.05, 0.1) is 11.8 Å². The third-order valence-corrected chi connectivity index (χ3v) is 5.82. The van der Waals surface area contributed by atoms with E-state index in [-0.39, 0.29) is 0 Å². The molecule has 4 heterocycles. The van der Waals surface area contributed by atoms with Crippen molar-refractivity contribution >= 4 is 22.9 Å². The maximum atomic E-state index is 4.88. The van der Waals surface area contributed by atoms with Gasteiger partial charge in [0.15, 0.2) is 5.65 Å². The first-order chi connectivity index (χ1) is 11.7. The lowest BCUT2D eigenvalue weighted by molar-refractivity contribution is 0.640. The van der Waals surface area contributed by atoms with Crippen LogP contribution in [0.5, 0.6) is 0 Å². The average molecular weight is 343 g/mol. The van der Waals surface area contributed by atoms with E-state index >= 15 is 0 Å². The smallest absolute Gasteiger partial charge is 0.164 e. The summed E-state index contributed by atoms with van der Waals surface area (Å²) >= 11 is 1.80. The minimum atomic E-state index is 0.554. The molecule has 1 saturated heterocycles. The Morgan fingerprint density at radius 1 is 1.38 bits per heavy atom. The molecule has 0 amide bonds. The van der Waals surface area contributed by atoms with Gasteiger partial charge in [0.2, 0.25) is 0 Å². The number of hydrogen-bond donors (Lipinski definition) is 1. The highest BCUT2D eigenvalue weighted by Crippen LogP contribution is 2.32. The van der Waals surface area contributed by atoms with Crippen LogP contribution < -0.4 is 5.32 Å². The molecule has 126 valence electrons. The van der Waals surface area contributed by atoms with E-state index in [9.17, 15) is 0 Å². The first-order valence-corrected chi connectivity index (χ1v) is 9.14. The van der Waals surface area contributed by atoms with Gasteiger partial charge in [-0.25, -0.2) is 15.0 Å². The lowest BCUT2D eigenvalue weighted by atomic mass is 10.2. The third kappa shape index (κ3) is 2.50. The lowest BCUT2D eigenvalue weighted by Gasteiger charge is -2.06. The zero-order valence-electron chi connectivity index (χ0n) is 14.2. The Labute approximate surface area is 144 Å². The molecule has 0 spiro atoms. The summed E-state index contributed by atoms with van der Waals surface area (Å²) in [6.45, 7) is 7.13. The van der Waals surface area contributed by atoms with Crippen LogP contribution in [-0.2, 0) is 13.6 Å². The van der Waals surface area contributed by atoms with E-state index in [1.54, 1.807) is 18.1 Å². The van der Waals surface area contributed by atoms with E-state index in [2.05, 4.69) is 34.2 Å². The number of rotatable bonds is 4. The van der Waals surface area contributed by atoms with Gasteiger partial charge in [-0.2, -0.15) is 5.10 Å². The molecular weight excluding hydrogens is 322 g/mol. The Balaban J connectivity index is 1.80. The largest absolute Gasteiger partial charge is 0.316 e. The Morgan fingerprint density at radius 3 is 2.96 bits per heavy atom. The number of aromatic nitrogens is 6. The molecule has 1 atom stereocenters. The molecule has 0 saturated carbocycles. The first kappa shape index (κ1) is 15.6. The van der Waals surface area contributed by atoms with Crippen LogP contribution in [0.15, 0.2) is 17.6 Å². The lowest BCUT2D eigenvalue weighted by Crippen LogP contribution is -2.10. The van der Waals surface area contributed by atoms with E-state index in [1.165, 1.54) is 0 Å². The van der Waals surface area contributed by atoms with Crippen molar-refractivity contribution < 1.29 is 0 Å². The summed E-state index contributed by atoms with van der Waals surface area (Å²) in [5.41, 5.74) is 3.93. The Kier molecular flexibility index (Phi) is 4.01. The highest BCUT2D eigenvalue weighted by Gasteiger charge is 2.22. The molecule has 1 aliphatic rings. The van der Waals surface area contributed by atoms with Crippen LogP contribution in [0.1, 0.15) is 19.0 Å². The number of hydrogen-bond acceptors (Lipinski definition) is 6. The normalized spacial score (nSPS) is 17.9. The molecule has 3 aromatic heterocycles. The van der Waals surface area contributed by atoms with Crippen molar-refractivity contribution in [1.82, 2.24) is 34.6 Å². The van der Waals surface area contributed by atoms with Gasteiger partial charge < -0.3 is 9.88 Å². The second kappa shape index (κ2) is 6.18. The van der Waals surface area contributed by atoms with Crippen LogP contribution in [-0.4, -0.2) is 47.6 Å². The molecule has 3 aromatic rings. The summed E-state index contributed by atoms with van der Waals surface area (Å²) in [7, 11) is 2.01. The van der Waals surface area contributed by atoms with Gasteiger partial charge in [-0.3, -0.25) is 4.68 Å². The van der Waals surface area contributed by atoms with Crippen molar-refractivity contribution in [2.75, 3.05) is 13.1 Å². The molecule has 0 aliphatic carbocycles. The molecule has 0 unspecified atom stereocenters. The van der Waals surface area contributed by atoms with Gasteiger partial charge >= 0.3 is 0 Å². The number of thioether (sulfide) groups is 1. The first-order valence-electron chi connectivity index (χ1n) is 8.26. The molecule has 24 heavy (non-hydrogen) atoms. The molecule has 1 N–H and O–H groups in total. The van der Waals surface area contributed by atoms with Crippen LogP contribution in [0.2, 0.25) is 0 Å². The average Bonchev–Trinajstić information content (AvgIpc) is 3.29. The quantitative estimate of drug-likeness (QED) is 0.731. The van der Waals surface area contributed by atoms with E-state index in [1.807, 2.05) is 22.5 Å². The minimum absolute atomic E-state index is 0.554. The number of aryl methyl sites for hydroxylation is 2. The number of nitrogens with zero attached hydrogens (tertiary/aromatic N) is 6. The van der Waals surface area contributed by atoms with Crippen molar-refractivity contribution in [1.29, 1.82) is 0 Å². The van der Waals surface area contributed by atoms with Crippen molar-refractivity contribution in [3.8, 4) is 11.4 Å². The predicted molar refractivity (Wildman–Crippen MR) is 95.1 cm³/mol. The number of fused-ring (bicyclic) bond motifs is 1. The highest BCUT2D eigenvalue weighted by atomic mass is 32.2. The summed E-state index contributed by atoms with van der Waals surface area (Å²) in [4.78, 5) is 13.8. The summed E-state index contributed by atoms with van der Waals surface area (Å²) in [5, 5.41) is 9.36. The van der Waals surface area contributed by atoms with E-state index in [0.717, 1.165) is 59.3 Å².